The molecule has 1 aromatic carbocycles. The summed E-state index contributed by atoms with van der Waals surface area (Å²) in [5.41, 5.74) is 8.14. The molecule has 0 atom stereocenters. The summed E-state index contributed by atoms with van der Waals surface area (Å²) in [5.74, 6) is 0.0700. The maximum absolute atomic E-state index is 8.39. The first-order chi connectivity index (χ1) is 8.20. The van der Waals surface area contributed by atoms with Crippen molar-refractivity contribution in [1.82, 2.24) is 4.98 Å². The molecule has 17 heavy (non-hydrogen) atoms. The van der Waals surface area contributed by atoms with Gasteiger partial charge in [-0.05, 0) is 31.2 Å². The first kappa shape index (κ1) is 10.9. The second-order valence-electron chi connectivity index (χ2n) is 3.55. The van der Waals surface area contributed by atoms with E-state index >= 15 is 0 Å². The van der Waals surface area contributed by atoms with Gasteiger partial charge in [-0.25, -0.2) is 0 Å². The maximum atomic E-state index is 8.39. The summed E-state index contributed by atoms with van der Waals surface area (Å²) in [6, 6.07) is 9.53. The molecule has 2 rings (SSSR count). The quantitative estimate of drug-likeness (QED) is 0.439. The van der Waals surface area contributed by atoms with Crippen LogP contribution < -0.4 is 11.1 Å². The van der Waals surface area contributed by atoms with Gasteiger partial charge in [-0.15, -0.1) is 4.99 Å². The van der Waals surface area contributed by atoms with Gasteiger partial charge in [-0.3, -0.25) is 4.98 Å². The summed E-state index contributed by atoms with van der Waals surface area (Å²) in [4.78, 5) is 7.82. The van der Waals surface area contributed by atoms with E-state index in [1.165, 1.54) is 0 Å². The zero-order chi connectivity index (χ0) is 12.3. The number of hydrogen-bond donors (Lipinski definition) is 2. The molecular formula is C12H11N5. The predicted octanol–water partition coefficient (Wildman–Crippen LogP) is 1.75. The van der Waals surface area contributed by atoms with E-state index < -0.39 is 0 Å². The summed E-state index contributed by atoms with van der Waals surface area (Å²) in [5, 5.41) is 12.2. The lowest BCUT2D eigenvalue weighted by molar-refractivity contribution is 1.26. The number of nitrogens with one attached hydrogen (secondary N) is 1. The van der Waals surface area contributed by atoms with Gasteiger partial charge >= 0.3 is 0 Å². The number of hydrogen-bond acceptors (Lipinski definition) is 3. The number of nitriles is 1. The van der Waals surface area contributed by atoms with Gasteiger partial charge in [0.1, 0.15) is 0 Å². The summed E-state index contributed by atoms with van der Waals surface area (Å²) in [6.07, 6.45) is 1.63. The smallest absolute Gasteiger partial charge is 0.209 e. The van der Waals surface area contributed by atoms with Crippen molar-refractivity contribution >= 4 is 22.5 Å². The van der Waals surface area contributed by atoms with Crippen LogP contribution in [0.4, 0.5) is 5.69 Å². The number of anilines is 1. The summed E-state index contributed by atoms with van der Waals surface area (Å²) < 4.78 is 0. The van der Waals surface area contributed by atoms with Crippen LogP contribution in [-0.2, 0) is 0 Å². The molecule has 3 N–H and O–H groups in total. The number of fused-ring (bicyclic) bond motifs is 1. The van der Waals surface area contributed by atoms with Crippen LogP contribution in [0, 0.1) is 18.4 Å². The van der Waals surface area contributed by atoms with Crippen molar-refractivity contribution in [3.63, 3.8) is 0 Å². The molecule has 0 saturated carbocycles. The van der Waals surface area contributed by atoms with Crippen molar-refractivity contribution in [2.75, 3.05) is 5.32 Å². The third kappa shape index (κ3) is 2.32. The summed E-state index contributed by atoms with van der Waals surface area (Å²) in [6.45, 7) is 1.94. The fraction of sp³-hybridized carbons (Fsp3) is 0.0833. The fourth-order valence-electron chi connectivity index (χ4n) is 1.59. The van der Waals surface area contributed by atoms with Crippen molar-refractivity contribution < 1.29 is 0 Å². The van der Waals surface area contributed by atoms with Gasteiger partial charge in [0.05, 0.1) is 11.2 Å². The molecule has 0 aliphatic carbocycles. The van der Waals surface area contributed by atoms with Crippen molar-refractivity contribution in [2.24, 2.45) is 10.7 Å². The lowest BCUT2D eigenvalue weighted by Crippen LogP contribution is -2.22. The van der Waals surface area contributed by atoms with Gasteiger partial charge in [0.2, 0.25) is 12.2 Å². The molecule has 0 aliphatic heterocycles. The van der Waals surface area contributed by atoms with Gasteiger partial charge in [0.15, 0.2) is 0 Å². The first-order valence-corrected chi connectivity index (χ1v) is 5.06. The average Bonchev–Trinajstić information content (AvgIpc) is 2.29. The van der Waals surface area contributed by atoms with Crippen LogP contribution in [0.5, 0.6) is 0 Å². The molecule has 5 nitrogen and oxygen atoms in total. The topological polar surface area (TPSA) is 87.1 Å². The number of rotatable bonds is 1. The third-order valence-corrected chi connectivity index (χ3v) is 2.30. The molecule has 1 heterocycles. The lowest BCUT2D eigenvalue weighted by atomic mass is 10.1. The average molecular weight is 225 g/mol. The van der Waals surface area contributed by atoms with Crippen LogP contribution in [0.3, 0.4) is 0 Å². The van der Waals surface area contributed by atoms with Crippen molar-refractivity contribution in [2.45, 2.75) is 6.92 Å². The minimum Gasteiger partial charge on any atom is -0.369 e. The number of nitrogens with zero attached hydrogens (tertiary/aromatic N) is 3. The van der Waals surface area contributed by atoms with Crippen molar-refractivity contribution in [3.05, 3.63) is 36.0 Å². The van der Waals surface area contributed by atoms with Gasteiger partial charge in [-0.1, -0.05) is 6.07 Å². The molecule has 0 radical (unpaired) electrons. The van der Waals surface area contributed by atoms with E-state index in [1.807, 2.05) is 37.3 Å². The Morgan fingerprint density at radius 2 is 2.24 bits per heavy atom. The molecule has 0 bridgehead atoms. The van der Waals surface area contributed by atoms with Gasteiger partial charge in [-0.2, -0.15) is 5.26 Å². The van der Waals surface area contributed by atoms with Gasteiger partial charge in [0.25, 0.3) is 0 Å². The molecule has 0 fully saturated rings. The monoisotopic (exact) mass is 225 g/mol. The van der Waals surface area contributed by atoms with Crippen molar-refractivity contribution in [3.8, 4) is 6.19 Å². The molecule has 0 saturated heterocycles. The summed E-state index contributed by atoms with van der Waals surface area (Å²) >= 11 is 0. The molecule has 0 amide bonds. The van der Waals surface area contributed by atoms with Gasteiger partial charge in [0, 0.05) is 11.1 Å². The first-order valence-electron chi connectivity index (χ1n) is 5.06. The zero-order valence-corrected chi connectivity index (χ0v) is 9.31. The van der Waals surface area contributed by atoms with Crippen LogP contribution >= 0.6 is 0 Å². The van der Waals surface area contributed by atoms with Crippen LogP contribution in [0.25, 0.3) is 10.9 Å². The second kappa shape index (κ2) is 4.49. The Hall–Kier alpha value is -2.61. The maximum Gasteiger partial charge on any atom is 0.209 e. The zero-order valence-electron chi connectivity index (χ0n) is 9.31. The molecule has 0 unspecified atom stereocenters. The minimum absolute atomic E-state index is 0.0700. The minimum atomic E-state index is 0.0700. The Morgan fingerprint density at radius 3 is 3.00 bits per heavy atom. The highest BCUT2D eigenvalue weighted by molar-refractivity contribution is 6.01. The predicted molar refractivity (Wildman–Crippen MR) is 67.3 cm³/mol. The molecule has 84 valence electrons. The van der Waals surface area contributed by atoms with Gasteiger partial charge < -0.3 is 11.1 Å². The number of guanidine groups is 1. The number of aliphatic imine (C=N–C) groups is 1. The van der Waals surface area contributed by atoms with E-state index in [0.717, 1.165) is 22.3 Å². The lowest BCUT2D eigenvalue weighted by Gasteiger charge is -2.07. The molecule has 0 spiro atoms. The molecule has 1 aromatic heterocycles. The SMILES string of the molecule is Cc1ccc2c(N/C(N)=N\C#N)cccc2n1. The highest BCUT2D eigenvalue weighted by Crippen LogP contribution is 2.21. The second-order valence-corrected chi connectivity index (χ2v) is 3.55. The molecule has 2 aromatic rings. The number of pyridine rings is 1. The van der Waals surface area contributed by atoms with E-state index in [4.69, 9.17) is 11.0 Å². The molecule has 0 aliphatic rings. The van der Waals surface area contributed by atoms with Crippen molar-refractivity contribution in [1.29, 1.82) is 5.26 Å². The van der Waals surface area contributed by atoms with E-state index in [9.17, 15) is 0 Å². The van der Waals surface area contributed by atoms with E-state index in [2.05, 4.69) is 15.3 Å². The van der Waals surface area contributed by atoms with E-state index in [0.29, 0.717) is 0 Å². The van der Waals surface area contributed by atoms with Crippen LogP contribution in [0.15, 0.2) is 35.3 Å². The van der Waals surface area contributed by atoms with E-state index in [-0.39, 0.29) is 5.96 Å². The number of aromatic nitrogens is 1. The normalized spacial score (nSPS) is 11.2. The Labute approximate surface area is 98.6 Å². The Morgan fingerprint density at radius 1 is 1.41 bits per heavy atom. The Balaban J connectivity index is 2.49. The third-order valence-electron chi connectivity index (χ3n) is 2.30. The van der Waals surface area contributed by atoms with Crippen LogP contribution in [0.2, 0.25) is 0 Å². The van der Waals surface area contributed by atoms with E-state index in [1.54, 1.807) is 6.19 Å². The number of nitrogens with two attached hydrogens (primary N) is 1. The Bertz CT molecular complexity index is 624. The fourth-order valence-corrected chi connectivity index (χ4v) is 1.59. The number of aryl methyl sites for hydroxylation is 1. The molecular weight excluding hydrogens is 214 g/mol. The summed E-state index contributed by atoms with van der Waals surface area (Å²) in [7, 11) is 0. The highest BCUT2D eigenvalue weighted by atomic mass is 15.1. The molecule has 5 heteroatoms. The Kier molecular flexibility index (Phi) is 2.88. The largest absolute Gasteiger partial charge is 0.369 e. The van der Waals surface area contributed by atoms with Crippen LogP contribution in [-0.4, -0.2) is 10.9 Å². The van der Waals surface area contributed by atoms with Crippen LogP contribution in [0.1, 0.15) is 5.69 Å². The standard InChI is InChI=1S/C12H11N5/c1-8-5-6-9-10(16-8)3-2-4-11(9)17-12(14)15-7-13/h2-6H,1H3,(H3,14,15,17). The number of benzene rings is 1. The highest BCUT2D eigenvalue weighted by Gasteiger charge is 2.02.